The molecule has 0 bridgehead atoms. The van der Waals surface area contributed by atoms with Crippen molar-refractivity contribution >= 4 is 0 Å². The Bertz CT molecular complexity index is 212. The quantitative estimate of drug-likeness (QED) is 0.624. The van der Waals surface area contributed by atoms with E-state index in [9.17, 15) is 0 Å². The highest BCUT2D eigenvalue weighted by molar-refractivity contribution is 4.99. The van der Waals surface area contributed by atoms with Crippen molar-refractivity contribution < 1.29 is 4.74 Å². The van der Waals surface area contributed by atoms with Gasteiger partial charge in [0.25, 0.3) is 0 Å². The second kappa shape index (κ2) is 3.23. The molecule has 0 aromatic heterocycles. The molecule has 0 radical (unpaired) electrons. The molecule has 1 heterocycles. The van der Waals surface area contributed by atoms with E-state index >= 15 is 0 Å². The Morgan fingerprint density at radius 1 is 1.14 bits per heavy atom. The lowest BCUT2D eigenvalue weighted by Crippen LogP contribution is -2.27. The Hall–Kier alpha value is -0.0400. The van der Waals surface area contributed by atoms with Crippen molar-refractivity contribution in [3.63, 3.8) is 0 Å². The standard InChI is InChI=1S/C13H26O/c1-10-13(7,14-10)9-12(5,6)8-11(2,3)4/h10H,8-9H2,1-7H3. The van der Waals surface area contributed by atoms with E-state index in [0.717, 1.165) is 0 Å². The van der Waals surface area contributed by atoms with E-state index in [4.69, 9.17) is 4.74 Å². The maximum Gasteiger partial charge on any atom is 0.0922 e. The molecule has 0 aliphatic carbocycles. The van der Waals surface area contributed by atoms with Crippen LogP contribution in [0.4, 0.5) is 0 Å². The Morgan fingerprint density at radius 2 is 1.57 bits per heavy atom. The van der Waals surface area contributed by atoms with Crippen LogP contribution in [0.1, 0.15) is 61.3 Å². The van der Waals surface area contributed by atoms with Crippen LogP contribution >= 0.6 is 0 Å². The summed E-state index contributed by atoms with van der Waals surface area (Å²) in [5, 5.41) is 0. The molecule has 1 aliphatic rings. The van der Waals surface area contributed by atoms with E-state index in [1.165, 1.54) is 12.8 Å². The number of rotatable bonds is 3. The van der Waals surface area contributed by atoms with Gasteiger partial charge in [-0.1, -0.05) is 34.6 Å². The van der Waals surface area contributed by atoms with Crippen LogP contribution < -0.4 is 0 Å². The van der Waals surface area contributed by atoms with E-state index in [1.54, 1.807) is 0 Å². The fraction of sp³-hybridized carbons (Fsp3) is 1.00. The first-order valence-corrected chi connectivity index (χ1v) is 5.72. The molecule has 0 spiro atoms. The predicted molar refractivity (Wildman–Crippen MR) is 61.4 cm³/mol. The molecule has 1 saturated heterocycles. The molecular weight excluding hydrogens is 172 g/mol. The molecule has 0 N–H and O–H groups in total. The van der Waals surface area contributed by atoms with E-state index < -0.39 is 0 Å². The van der Waals surface area contributed by atoms with Gasteiger partial charge in [-0.05, 0) is 37.5 Å². The minimum atomic E-state index is 0.161. The topological polar surface area (TPSA) is 12.5 Å². The predicted octanol–water partition coefficient (Wildman–Crippen LogP) is 4.02. The zero-order chi connectivity index (χ0) is 11.2. The summed E-state index contributed by atoms with van der Waals surface area (Å²) in [6, 6.07) is 0. The minimum Gasteiger partial charge on any atom is -0.367 e. The third-order valence-corrected chi connectivity index (χ3v) is 3.09. The van der Waals surface area contributed by atoms with Crippen LogP contribution in [0.2, 0.25) is 0 Å². The molecule has 84 valence electrons. The first kappa shape index (κ1) is 12.0. The van der Waals surface area contributed by atoms with E-state index in [2.05, 4.69) is 48.5 Å². The summed E-state index contributed by atoms with van der Waals surface area (Å²) in [6.45, 7) is 16.1. The lowest BCUT2D eigenvalue weighted by molar-refractivity contribution is 0.152. The summed E-state index contributed by atoms with van der Waals surface area (Å²) in [7, 11) is 0. The number of epoxide rings is 1. The van der Waals surface area contributed by atoms with E-state index in [-0.39, 0.29) is 5.60 Å². The third-order valence-electron chi connectivity index (χ3n) is 3.09. The Labute approximate surface area is 89.2 Å². The second-order valence-electron chi connectivity index (χ2n) is 7.15. The van der Waals surface area contributed by atoms with Crippen molar-refractivity contribution in [2.24, 2.45) is 10.8 Å². The SMILES string of the molecule is CC1OC1(C)CC(C)(C)CC(C)(C)C. The van der Waals surface area contributed by atoms with Crippen molar-refractivity contribution in [3.8, 4) is 0 Å². The monoisotopic (exact) mass is 198 g/mol. The van der Waals surface area contributed by atoms with Gasteiger partial charge >= 0.3 is 0 Å². The summed E-state index contributed by atoms with van der Waals surface area (Å²) < 4.78 is 5.65. The average Bonchev–Trinajstić information content (AvgIpc) is 2.28. The summed E-state index contributed by atoms with van der Waals surface area (Å²) in [5.41, 5.74) is 0.963. The molecule has 1 heteroatoms. The van der Waals surface area contributed by atoms with Gasteiger partial charge in [-0.2, -0.15) is 0 Å². The van der Waals surface area contributed by atoms with Gasteiger partial charge in [-0.15, -0.1) is 0 Å². The zero-order valence-corrected chi connectivity index (χ0v) is 10.9. The van der Waals surface area contributed by atoms with Crippen LogP contribution in [0.15, 0.2) is 0 Å². The normalized spacial score (nSPS) is 33.2. The highest BCUT2D eigenvalue weighted by atomic mass is 16.6. The molecule has 0 aromatic rings. The highest BCUT2D eigenvalue weighted by Gasteiger charge is 2.51. The van der Waals surface area contributed by atoms with Gasteiger partial charge in [0.15, 0.2) is 0 Å². The fourth-order valence-electron chi connectivity index (χ4n) is 3.00. The van der Waals surface area contributed by atoms with E-state index in [0.29, 0.717) is 16.9 Å². The Kier molecular flexibility index (Phi) is 2.78. The van der Waals surface area contributed by atoms with E-state index in [1.807, 2.05) is 0 Å². The van der Waals surface area contributed by atoms with Gasteiger partial charge in [-0.3, -0.25) is 0 Å². The van der Waals surface area contributed by atoms with Gasteiger partial charge in [0, 0.05) is 0 Å². The summed E-state index contributed by atoms with van der Waals surface area (Å²) in [5.74, 6) is 0. The fourth-order valence-corrected chi connectivity index (χ4v) is 3.00. The number of hydrogen-bond donors (Lipinski definition) is 0. The Morgan fingerprint density at radius 3 is 1.86 bits per heavy atom. The Balaban J connectivity index is 2.50. The molecule has 14 heavy (non-hydrogen) atoms. The van der Waals surface area contributed by atoms with Crippen LogP contribution in [-0.2, 0) is 4.74 Å². The van der Waals surface area contributed by atoms with Gasteiger partial charge in [0.05, 0.1) is 11.7 Å². The number of ether oxygens (including phenoxy) is 1. The van der Waals surface area contributed by atoms with Gasteiger partial charge in [-0.25, -0.2) is 0 Å². The zero-order valence-electron chi connectivity index (χ0n) is 10.9. The third kappa shape index (κ3) is 3.27. The van der Waals surface area contributed by atoms with Crippen LogP contribution in [-0.4, -0.2) is 11.7 Å². The highest BCUT2D eigenvalue weighted by Crippen LogP contribution is 2.48. The van der Waals surface area contributed by atoms with Gasteiger partial charge < -0.3 is 4.74 Å². The number of hydrogen-bond acceptors (Lipinski definition) is 1. The molecule has 1 aliphatic heterocycles. The van der Waals surface area contributed by atoms with Crippen molar-refractivity contribution in [1.29, 1.82) is 0 Å². The van der Waals surface area contributed by atoms with Crippen molar-refractivity contribution in [3.05, 3.63) is 0 Å². The largest absolute Gasteiger partial charge is 0.367 e. The minimum absolute atomic E-state index is 0.161. The first-order chi connectivity index (χ1) is 6.04. The average molecular weight is 198 g/mol. The molecule has 1 fully saturated rings. The van der Waals surface area contributed by atoms with Crippen molar-refractivity contribution in [2.45, 2.75) is 73.0 Å². The summed E-state index contributed by atoms with van der Waals surface area (Å²) in [4.78, 5) is 0. The summed E-state index contributed by atoms with van der Waals surface area (Å²) >= 11 is 0. The second-order valence-corrected chi connectivity index (χ2v) is 7.15. The maximum atomic E-state index is 5.65. The molecule has 0 saturated carbocycles. The molecule has 1 nitrogen and oxygen atoms in total. The molecule has 1 rings (SSSR count). The molecule has 2 atom stereocenters. The molecule has 0 amide bonds. The van der Waals surface area contributed by atoms with Crippen LogP contribution in [0.25, 0.3) is 0 Å². The van der Waals surface area contributed by atoms with Crippen LogP contribution in [0, 0.1) is 10.8 Å². The lowest BCUT2D eigenvalue weighted by atomic mass is 9.71. The first-order valence-electron chi connectivity index (χ1n) is 5.72. The van der Waals surface area contributed by atoms with Gasteiger partial charge in [0.2, 0.25) is 0 Å². The van der Waals surface area contributed by atoms with Crippen molar-refractivity contribution in [1.82, 2.24) is 0 Å². The summed E-state index contributed by atoms with van der Waals surface area (Å²) in [6.07, 6.45) is 2.89. The van der Waals surface area contributed by atoms with Crippen LogP contribution in [0.3, 0.4) is 0 Å². The molecular formula is C13H26O. The smallest absolute Gasteiger partial charge is 0.0922 e. The van der Waals surface area contributed by atoms with Gasteiger partial charge in [0.1, 0.15) is 0 Å². The lowest BCUT2D eigenvalue weighted by Gasteiger charge is -2.33. The van der Waals surface area contributed by atoms with Crippen molar-refractivity contribution in [2.75, 3.05) is 0 Å². The maximum absolute atomic E-state index is 5.65. The molecule has 0 aromatic carbocycles. The van der Waals surface area contributed by atoms with Crippen LogP contribution in [0.5, 0.6) is 0 Å². The molecule has 2 unspecified atom stereocenters.